The minimum absolute atomic E-state index is 0.0114. The van der Waals surface area contributed by atoms with Crippen LogP contribution in [-0.2, 0) is 16.0 Å². The predicted molar refractivity (Wildman–Crippen MR) is 90.7 cm³/mol. The Morgan fingerprint density at radius 1 is 1.16 bits per heavy atom. The van der Waals surface area contributed by atoms with Crippen LogP contribution in [0.4, 0.5) is 4.79 Å². The summed E-state index contributed by atoms with van der Waals surface area (Å²) in [4.78, 5) is 38.3. The molecule has 1 fully saturated rings. The van der Waals surface area contributed by atoms with Crippen LogP contribution in [0.25, 0.3) is 0 Å². The monoisotopic (exact) mass is 348 g/mol. The number of carbonyl (C=O) groups is 2. The molecule has 0 radical (unpaired) electrons. The van der Waals surface area contributed by atoms with E-state index in [1.54, 1.807) is 15.5 Å². The van der Waals surface area contributed by atoms with Gasteiger partial charge in [-0.15, -0.1) is 0 Å². The number of fused-ring (bicyclic) bond motifs is 4. The highest BCUT2D eigenvalue weighted by atomic mass is 16.6. The van der Waals surface area contributed by atoms with Gasteiger partial charge in [-0.05, 0) is 39.2 Å². The van der Waals surface area contributed by atoms with Crippen molar-refractivity contribution in [1.29, 1.82) is 0 Å². The van der Waals surface area contributed by atoms with Crippen LogP contribution < -0.4 is 5.56 Å². The first kappa shape index (κ1) is 17.5. The summed E-state index contributed by atoms with van der Waals surface area (Å²) in [5.74, 6) is -0.305. The second kappa shape index (κ2) is 6.20. The summed E-state index contributed by atoms with van der Waals surface area (Å²) in [5, 5.41) is 0. The molecule has 25 heavy (non-hydrogen) atoms. The van der Waals surface area contributed by atoms with Crippen molar-refractivity contribution >= 4 is 12.1 Å². The standard InChI is InChI=1S/C18H24N2O5/c1-18(2,3)25-17(23)19-8-11-5-13(10-19)14-6-12(16(22)24-4)7-15(21)20(14)9-11/h6-7,11,13H,5,8-10H2,1-4H3/t11-,13-/m1/s1. The fraction of sp³-hybridized carbons (Fsp3) is 0.611. The number of hydrogen-bond acceptors (Lipinski definition) is 5. The lowest BCUT2D eigenvalue weighted by Crippen LogP contribution is -2.50. The van der Waals surface area contributed by atoms with Crippen LogP contribution in [0.3, 0.4) is 0 Å². The van der Waals surface area contributed by atoms with Gasteiger partial charge in [0, 0.05) is 37.3 Å². The van der Waals surface area contributed by atoms with Crippen molar-refractivity contribution in [2.45, 2.75) is 45.3 Å². The Morgan fingerprint density at radius 2 is 1.88 bits per heavy atom. The Morgan fingerprint density at radius 3 is 2.52 bits per heavy atom. The molecule has 2 aliphatic heterocycles. The number of nitrogens with zero attached hydrogens (tertiary/aromatic N) is 2. The van der Waals surface area contributed by atoms with E-state index in [4.69, 9.17) is 9.47 Å². The predicted octanol–water partition coefficient (Wildman–Crippen LogP) is 1.99. The van der Waals surface area contributed by atoms with Gasteiger partial charge in [-0.3, -0.25) is 4.79 Å². The molecule has 0 spiro atoms. The zero-order valence-electron chi connectivity index (χ0n) is 15.1. The molecule has 0 aliphatic carbocycles. The summed E-state index contributed by atoms with van der Waals surface area (Å²) < 4.78 is 11.9. The van der Waals surface area contributed by atoms with Gasteiger partial charge in [0.25, 0.3) is 5.56 Å². The van der Waals surface area contributed by atoms with Crippen molar-refractivity contribution in [2.24, 2.45) is 5.92 Å². The highest BCUT2D eigenvalue weighted by molar-refractivity contribution is 5.89. The number of esters is 1. The maximum atomic E-state index is 12.4. The van der Waals surface area contributed by atoms with Crippen molar-refractivity contribution in [2.75, 3.05) is 20.2 Å². The van der Waals surface area contributed by atoms with Crippen LogP contribution in [0.15, 0.2) is 16.9 Å². The van der Waals surface area contributed by atoms with E-state index in [9.17, 15) is 14.4 Å². The van der Waals surface area contributed by atoms with Gasteiger partial charge in [0.15, 0.2) is 0 Å². The minimum atomic E-state index is -0.545. The van der Waals surface area contributed by atoms with Gasteiger partial charge in [-0.1, -0.05) is 0 Å². The van der Waals surface area contributed by atoms with E-state index in [2.05, 4.69) is 0 Å². The van der Waals surface area contributed by atoms with Crippen LogP contribution in [0.5, 0.6) is 0 Å². The first-order chi connectivity index (χ1) is 11.7. The quantitative estimate of drug-likeness (QED) is 0.725. The largest absolute Gasteiger partial charge is 0.465 e. The average Bonchev–Trinajstić information content (AvgIpc) is 2.53. The van der Waals surface area contributed by atoms with E-state index in [-0.39, 0.29) is 29.1 Å². The number of aromatic nitrogens is 1. The second-order valence-electron chi connectivity index (χ2n) is 7.79. The average molecular weight is 348 g/mol. The number of carbonyl (C=O) groups excluding carboxylic acids is 2. The van der Waals surface area contributed by atoms with Crippen molar-refractivity contribution in [3.8, 4) is 0 Å². The molecule has 7 nitrogen and oxygen atoms in total. The lowest BCUT2D eigenvalue weighted by Gasteiger charge is -2.42. The van der Waals surface area contributed by atoms with Crippen LogP contribution in [0, 0.1) is 5.92 Å². The van der Waals surface area contributed by atoms with E-state index in [1.807, 2.05) is 20.8 Å². The van der Waals surface area contributed by atoms with Crippen LogP contribution in [0.2, 0.25) is 0 Å². The Bertz CT molecular complexity index is 762. The minimum Gasteiger partial charge on any atom is -0.465 e. The molecule has 2 atom stereocenters. The molecule has 0 aromatic carbocycles. The molecule has 0 unspecified atom stereocenters. The summed E-state index contributed by atoms with van der Waals surface area (Å²) in [5.41, 5.74) is 0.304. The fourth-order valence-electron chi connectivity index (χ4n) is 3.67. The summed E-state index contributed by atoms with van der Waals surface area (Å²) in [6.07, 6.45) is 0.561. The van der Waals surface area contributed by atoms with Gasteiger partial charge in [-0.25, -0.2) is 9.59 Å². The molecule has 0 N–H and O–H groups in total. The van der Waals surface area contributed by atoms with Crippen LogP contribution in [-0.4, -0.2) is 47.3 Å². The van der Waals surface area contributed by atoms with E-state index in [0.717, 1.165) is 12.1 Å². The molecule has 1 aromatic heterocycles. The van der Waals surface area contributed by atoms with Crippen molar-refractivity contribution in [3.05, 3.63) is 33.7 Å². The first-order valence-electron chi connectivity index (χ1n) is 8.49. The van der Waals surface area contributed by atoms with Crippen LogP contribution in [0.1, 0.15) is 49.2 Å². The van der Waals surface area contributed by atoms with Crippen molar-refractivity contribution in [1.82, 2.24) is 9.47 Å². The molecule has 0 saturated carbocycles. The zero-order valence-corrected chi connectivity index (χ0v) is 15.1. The Kier molecular flexibility index (Phi) is 4.34. The van der Waals surface area contributed by atoms with E-state index in [0.29, 0.717) is 19.6 Å². The molecule has 3 rings (SSSR count). The maximum absolute atomic E-state index is 12.4. The summed E-state index contributed by atoms with van der Waals surface area (Å²) in [7, 11) is 1.29. The van der Waals surface area contributed by atoms with E-state index in [1.165, 1.54) is 13.2 Å². The van der Waals surface area contributed by atoms with Crippen molar-refractivity contribution in [3.63, 3.8) is 0 Å². The number of rotatable bonds is 1. The summed E-state index contributed by atoms with van der Waals surface area (Å²) in [6, 6.07) is 3.04. The number of amides is 1. The third-order valence-corrected chi connectivity index (χ3v) is 4.63. The summed E-state index contributed by atoms with van der Waals surface area (Å²) in [6.45, 7) is 7.13. The lowest BCUT2D eigenvalue weighted by atomic mass is 9.83. The highest BCUT2D eigenvalue weighted by Crippen LogP contribution is 2.36. The zero-order chi connectivity index (χ0) is 18.4. The molecule has 1 aromatic rings. The normalized spacial score (nSPS) is 22.2. The molecular formula is C18H24N2O5. The number of likely N-dealkylation sites (tertiary alicyclic amines) is 1. The number of piperidine rings is 1. The maximum Gasteiger partial charge on any atom is 0.410 e. The third-order valence-electron chi connectivity index (χ3n) is 4.63. The van der Waals surface area contributed by atoms with E-state index < -0.39 is 11.6 Å². The lowest BCUT2D eigenvalue weighted by molar-refractivity contribution is 0.0101. The molecular weight excluding hydrogens is 324 g/mol. The molecule has 2 aliphatic rings. The Labute approximate surface area is 146 Å². The van der Waals surface area contributed by atoms with Gasteiger partial charge >= 0.3 is 12.1 Å². The molecule has 3 heterocycles. The van der Waals surface area contributed by atoms with E-state index >= 15 is 0 Å². The van der Waals surface area contributed by atoms with Gasteiger partial charge in [0.2, 0.25) is 0 Å². The third kappa shape index (κ3) is 3.55. The van der Waals surface area contributed by atoms with Crippen molar-refractivity contribution < 1.29 is 19.1 Å². The Balaban J connectivity index is 1.89. The molecule has 2 bridgehead atoms. The topological polar surface area (TPSA) is 77.8 Å². The number of ether oxygens (including phenoxy) is 2. The first-order valence-corrected chi connectivity index (χ1v) is 8.49. The molecule has 136 valence electrons. The SMILES string of the molecule is COC(=O)c1cc2n(c(=O)c1)C[C@@H]1C[C@@H]2CN(C(=O)OC(C)(C)C)C1. The van der Waals surface area contributed by atoms with Gasteiger partial charge < -0.3 is 18.9 Å². The Hall–Kier alpha value is -2.31. The number of hydrogen-bond donors (Lipinski definition) is 0. The van der Waals surface area contributed by atoms with Gasteiger partial charge in [0.05, 0.1) is 12.7 Å². The number of methoxy groups -OCH3 is 1. The molecule has 1 saturated heterocycles. The van der Waals surface area contributed by atoms with Crippen LogP contribution >= 0.6 is 0 Å². The molecule has 1 amide bonds. The fourth-order valence-corrected chi connectivity index (χ4v) is 3.67. The highest BCUT2D eigenvalue weighted by Gasteiger charge is 2.38. The van der Waals surface area contributed by atoms with Gasteiger partial charge in [0.1, 0.15) is 5.60 Å². The van der Waals surface area contributed by atoms with Gasteiger partial charge in [-0.2, -0.15) is 0 Å². The number of pyridine rings is 1. The smallest absolute Gasteiger partial charge is 0.410 e. The summed E-state index contributed by atoms with van der Waals surface area (Å²) >= 11 is 0. The molecule has 7 heteroatoms. The second-order valence-corrected chi connectivity index (χ2v) is 7.79.